The fraction of sp³-hybridized carbons (Fsp3) is 0.417. The van der Waals surface area contributed by atoms with Crippen molar-refractivity contribution in [2.45, 2.75) is 49.8 Å². The Balaban J connectivity index is 1.71. The molecule has 4 rings (SSSR count). The molecule has 2 N–H and O–H groups in total. The van der Waals surface area contributed by atoms with E-state index in [1.807, 2.05) is 55.7 Å². The van der Waals surface area contributed by atoms with E-state index in [4.69, 9.17) is 0 Å². The van der Waals surface area contributed by atoms with E-state index >= 15 is 0 Å². The Hall–Kier alpha value is -2.67. The maximum absolute atomic E-state index is 13.2. The summed E-state index contributed by atoms with van der Waals surface area (Å²) in [7, 11) is 3.52. The number of anilines is 1. The molecule has 1 saturated carbocycles. The van der Waals surface area contributed by atoms with E-state index in [0.717, 1.165) is 34.8 Å². The summed E-state index contributed by atoms with van der Waals surface area (Å²) in [4.78, 5) is 36.8. The topological polar surface area (TPSA) is 77.6 Å². The molecule has 0 bridgehead atoms. The molecule has 0 radical (unpaired) electrons. The maximum Gasteiger partial charge on any atom is 0.262 e. The lowest BCUT2D eigenvalue weighted by Crippen LogP contribution is -2.27. The van der Waals surface area contributed by atoms with Gasteiger partial charge in [-0.3, -0.25) is 9.59 Å². The molecule has 1 unspecified atom stereocenters. The zero-order valence-electron chi connectivity index (χ0n) is 18.4. The van der Waals surface area contributed by atoms with Crippen molar-refractivity contribution in [1.82, 2.24) is 9.88 Å². The van der Waals surface area contributed by atoms with Gasteiger partial charge in [0.1, 0.15) is 11.4 Å². The second kappa shape index (κ2) is 9.22. The molecule has 0 saturated heterocycles. The molecule has 164 valence electrons. The first kappa shape index (κ1) is 21.6. The van der Waals surface area contributed by atoms with E-state index in [1.54, 1.807) is 0 Å². The van der Waals surface area contributed by atoms with Gasteiger partial charge >= 0.3 is 0 Å². The molecule has 1 amide bonds. The third kappa shape index (κ3) is 4.82. The number of aliphatic imine (C=N–C) groups is 1. The number of carbonyl (C=O) groups is 1. The minimum atomic E-state index is -0.411. The van der Waals surface area contributed by atoms with Gasteiger partial charge in [0.25, 0.3) is 11.5 Å². The summed E-state index contributed by atoms with van der Waals surface area (Å²) in [6.07, 6.45) is 5.79. The first-order chi connectivity index (χ1) is 14.9. The van der Waals surface area contributed by atoms with Crippen molar-refractivity contribution in [2.75, 3.05) is 25.2 Å². The SMILES string of the molecule is Cc1ccc(NC(=O)c2c(S3=CN=C(N(C)C)C3)cc(C3CCCCC3)[nH]c2=O)cc1. The molecular weight excluding hydrogens is 408 g/mol. The molecule has 7 heteroatoms. The summed E-state index contributed by atoms with van der Waals surface area (Å²) >= 11 is 0. The number of rotatable bonds is 4. The van der Waals surface area contributed by atoms with Crippen LogP contribution in [0, 0.1) is 6.92 Å². The summed E-state index contributed by atoms with van der Waals surface area (Å²) in [5.41, 5.74) is 4.56. The Morgan fingerprint density at radius 2 is 1.87 bits per heavy atom. The number of carbonyl (C=O) groups excluding carboxylic acids is 1. The minimum Gasteiger partial charge on any atom is -0.365 e. The molecule has 1 aliphatic heterocycles. The molecule has 1 atom stereocenters. The molecular formula is C24H30N4O2S. The van der Waals surface area contributed by atoms with Crippen LogP contribution in [0.4, 0.5) is 5.69 Å². The van der Waals surface area contributed by atoms with Crippen LogP contribution in [0.2, 0.25) is 0 Å². The number of hydrogen-bond acceptors (Lipinski definition) is 4. The second-order valence-corrected chi connectivity index (χ2v) is 10.4. The predicted octanol–water partition coefficient (Wildman–Crippen LogP) is 4.34. The van der Waals surface area contributed by atoms with Gasteiger partial charge in [-0.05, 0) is 43.9 Å². The molecule has 6 nitrogen and oxygen atoms in total. The Labute approximate surface area is 185 Å². The van der Waals surface area contributed by atoms with Gasteiger partial charge in [-0.25, -0.2) is 4.99 Å². The van der Waals surface area contributed by atoms with E-state index in [0.29, 0.717) is 17.4 Å². The van der Waals surface area contributed by atoms with Crippen molar-refractivity contribution in [3.05, 3.63) is 57.5 Å². The Kier molecular flexibility index (Phi) is 6.41. The van der Waals surface area contributed by atoms with Gasteiger partial charge in [0, 0.05) is 30.4 Å². The number of aromatic nitrogens is 1. The van der Waals surface area contributed by atoms with Crippen LogP contribution in [0.15, 0.2) is 45.0 Å². The highest BCUT2D eigenvalue weighted by molar-refractivity contribution is 8.16. The van der Waals surface area contributed by atoms with Crippen LogP contribution in [0.1, 0.15) is 59.6 Å². The van der Waals surface area contributed by atoms with Gasteiger partial charge in [0.05, 0.1) is 11.2 Å². The highest BCUT2D eigenvalue weighted by atomic mass is 32.2. The van der Waals surface area contributed by atoms with Crippen molar-refractivity contribution in [1.29, 1.82) is 0 Å². The Bertz CT molecular complexity index is 1090. The number of pyridine rings is 1. The predicted molar refractivity (Wildman–Crippen MR) is 130 cm³/mol. The second-order valence-electron chi connectivity index (χ2n) is 8.57. The Morgan fingerprint density at radius 1 is 1.16 bits per heavy atom. The molecule has 2 aromatic rings. The van der Waals surface area contributed by atoms with E-state index < -0.39 is 10.5 Å². The normalized spacial score (nSPS) is 18.9. The van der Waals surface area contributed by atoms with Crippen molar-refractivity contribution in [3.8, 4) is 0 Å². The van der Waals surface area contributed by atoms with Crippen LogP contribution in [-0.2, 0) is 0 Å². The standard InChI is InChI=1S/C24H30N4O2S/c1-16-9-11-18(12-10-16)26-23(29)22-20(31-14-21(25-15-31)28(2)3)13-19(27-24(22)30)17-7-5-4-6-8-17/h9-13,15,17H,4-8,14H2,1-3H3,(H,26,29)(H,27,30). The highest BCUT2D eigenvalue weighted by Crippen LogP contribution is 2.36. The van der Waals surface area contributed by atoms with Gasteiger partial charge in [-0.15, -0.1) is 10.5 Å². The van der Waals surface area contributed by atoms with Crippen molar-refractivity contribution in [3.63, 3.8) is 0 Å². The van der Waals surface area contributed by atoms with Crippen LogP contribution in [0.3, 0.4) is 0 Å². The van der Waals surface area contributed by atoms with Crippen LogP contribution >= 0.6 is 10.5 Å². The fourth-order valence-electron chi connectivity index (χ4n) is 4.16. The van der Waals surface area contributed by atoms with E-state index in [9.17, 15) is 9.59 Å². The van der Waals surface area contributed by atoms with Gasteiger partial charge in [-0.2, -0.15) is 0 Å². The number of nitrogens with one attached hydrogen (secondary N) is 2. The highest BCUT2D eigenvalue weighted by Gasteiger charge is 2.25. The average molecular weight is 439 g/mol. The lowest BCUT2D eigenvalue weighted by atomic mass is 9.86. The molecule has 2 aliphatic rings. The minimum absolute atomic E-state index is 0.204. The molecule has 1 aromatic carbocycles. The number of benzene rings is 1. The van der Waals surface area contributed by atoms with Crippen molar-refractivity contribution in [2.24, 2.45) is 4.99 Å². The van der Waals surface area contributed by atoms with Crippen LogP contribution < -0.4 is 10.9 Å². The number of nitrogens with zero attached hydrogens (tertiary/aromatic N) is 2. The lowest BCUT2D eigenvalue weighted by molar-refractivity contribution is 0.102. The number of amides is 1. The van der Waals surface area contributed by atoms with Crippen LogP contribution in [-0.4, -0.2) is 47.0 Å². The largest absolute Gasteiger partial charge is 0.365 e. The molecule has 0 spiro atoms. The summed E-state index contributed by atoms with van der Waals surface area (Å²) in [6.45, 7) is 2.00. The van der Waals surface area contributed by atoms with Crippen molar-refractivity contribution >= 4 is 33.4 Å². The number of aromatic amines is 1. The first-order valence-electron chi connectivity index (χ1n) is 10.8. The van der Waals surface area contributed by atoms with Crippen LogP contribution in [0.25, 0.3) is 0 Å². The quantitative estimate of drug-likeness (QED) is 0.697. The van der Waals surface area contributed by atoms with Crippen LogP contribution in [0.5, 0.6) is 0 Å². The van der Waals surface area contributed by atoms with Gasteiger partial charge in [-0.1, -0.05) is 37.0 Å². The lowest BCUT2D eigenvalue weighted by Gasteiger charge is -2.23. The maximum atomic E-state index is 13.2. The van der Waals surface area contributed by atoms with E-state index in [1.165, 1.54) is 19.3 Å². The first-order valence-corrected chi connectivity index (χ1v) is 12.3. The monoisotopic (exact) mass is 438 g/mol. The molecule has 1 aromatic heterocycles. The molecule has 1 aliphatic carbocycles. The number of hydrogen-bond donors (Lipinski definition) is 2. The van der Waals surface area contributed by atoms with Gasteiger partial charge in [0.2, 0.25) is 0 Å². The van der Waals surface area contributed by atoms with Crippen molar-refractivity contribution < 1.29 is 4.79 Å². The van der Waals surface area contributed by atoms with Gasteiger partial charge < -0.3 is 15.2 Å². The number of H-pyrrole nitrogens is 1. The van der Waals surface area contributed by atoms with E-state index in [2.05, 4.69) is 21.4 Å². The summed E-state index contributed by atoms with van der Waals surface area (Å²) in [5.74, 6) is 1.67. The average Bonchev–Trinajstić information content (AvgIpc) is 3.26. The smallest absolute Gasteiger partial charge is 0.262 e. The van der Waals surface area contributed by atoms with E-state index in [-0.39, 0.29) is 17.0 Å². The zero-order valence-corrected chi connectivity index (χ0v) is 19.2. The third-order valence-corrected chi connectivity index (χ3v) is 7.83. The summed E-state index contributed by atoms with van der Waals surface area (Å²) < 4.78 is 0. The van der Waals surface area contributed by atoms with Gasteiger partial charge in [0.15, 0.2) is 0 Å². The number of amidine groups is 1. The summed E-state index contributed by atoms with van der Waals surface area (Å²) in [5, 5.41) is 2.91. The zero-order chi connectivity index (χ0) is 22.0. The summed E-state index contributed by atoms with van der Waals surface area (Å²) in [6, 6.07) is 9.66. The molecule has 31 heavy (non-hydrogen) atoms. The molecule has 2 heterocycles. The number of aryl methyl sites for hydroxylation is 1. The Morgan fingerprint density at radius 3 is 2.52 bits per heavy atom. The molecule has 1 fully saturated rings. The third-order valence-electron chi connectivity index (χ3n) is 6.01. The fourth-order valence-corrected chi connectivity index (χ4v) is 6.09.